The summed E-state index contributed by atoms with van der Waals surface area (Å²) >= 11 is 0. The lowest BCUT2D eigenvalue weighted by molar-refractivity contribution is -0.386. The van der Waals surface area contributed by atoms with Crippen LogP contribution < -0.4 is 4.74 Å². The first kappa shape index (κ1) is 15.7. The number of nitro groups is 1. The van der Waals surface area contributed by atoms with E-state index in [1.807, 2.05) is 0 Å². The Bertz CT molecular complexity index is 621. The van der Waals surface area contributed by atoms with Crippen LogP contribution in [0.3, 0.4) is 0 Å². The number of nitrogens with zero attached hydrogens (tertiary/aromatic N) is 2. The molecule has 7 nitrogen and oxygen atoms in total. The van der Waals surface area contributed by atoms with Crippen molar-refractivity contribution in [2.75, 3.05) is 20.2 Å². The van der Waals surface area contributed by atoms with Gasteiger partial charge in [-0.1, -0.05) is 12.8 Å². The van der Waals surface area contributed by atoms with Crippen molar-refractivity contribution in [2.24, 2.45) is 0 Å². The zero-order valence-electron chi connectivity index (χ0n) is 11.8. The Labute approximate surface area is 123 Å². The first-order chi connectivity index (χ1) is 9.96. The van der Waals surface area contributed by atoms with E-state index >= 15 is 0 Å². The molecular weight excluding hydrogens is 296 g/mol. The number of benzene rings is 1. The Morgan fingerprint density at radius 3 is 2.33 bits per heavy atom. The summed E-state index contributed by atoms with van der Waals surface area (Å²) in [6, 6.07) is 3.74. The molecule has 1 heterocycles. The topological polar surface area (TPSA) is 89.8 Å². The van der Waals surface area contributed by atoms with Gasteiger partial charge in [0.05, 0.1) is 16.9 Å². The van der Waals surface area contributed by atoms with Gasteiger partial charge in [-0.3, -0.25) is 10.1 Å². The van der Waals surface area contributed by atoms with Gasteiger partial charge < -0.3 is 4.74 Å². The molecule has 1 aromatic rings. The van der Waals surface area contributed by atoms with Gasteiger partial charge in [-0.25, -0.2) is 8.42 Å². The fourth-order valence-corrected chi connectivity index (χ4v) is 3.94. The summed E-state index contributed by atoms with van der Waals surface area (Å²) in [4.78, 5) is 10.3. The number of methoxy groups -OCH3 is 1. The van der Waals surface area contributed by atoms with Crippen LogP contribution in [0.15, 0.2) is 23.1 Å². The zero-order valence-corrected chi connectivity index (χ0v) is 12.6. The van der Waals surface area contributed by atoms with Gasteiger partial charge in [-0.15, -0.1) is 0 Å². The summed E-state index contributed by atoms with van der Waals surface area (Å²) in [5, 5.41) is 11.0. The van der Waals surface area contributed by atoms with E-state index in [2.05, 4.69) is 0 Å². The summed E-state index contributed by atoms with van der Waals surface area (Å²) in [7, 11) is -2.38. The van der Waals surface area contributed by atoms with E-state index in [4.69, 9.17) is 4.74 Å². The van der Waals surface area contributed by atoms with Crippen LogP contribution in [0.25, 0.3) is 0 Å². The van der Waals surface area contributed by atoms with E-state index in [9.17, 15) is 18.5 Å². The SMILES string of the molecule is COc1ccc(S(=O)(=O)N2CCCCCC2)cc1[N+](=O)[O-]. The molecule has 0 N–H and O–H groups in total. The molecule has 0 saturated carbocycles. The van der Waals surface area contributed by atoms with Crippen LogP contribution in [0.4, 0.5) is 5.69 Å². The molecule has 1 saturated heterocycles. The fraction of sp³-hybridized carbons (Fsp3) is 0.538. The minimum absolute atomic E-state index is 0.0508. The largest absolute Gasteiger partial charge is 0.490 e. The number of nitro benzene ring substituents is 1. The summed E-state index contributed by atoms with van der Waals surface area (Å²) in [5.41, 5.74) is -0.339. The molecule has 8 heteroatoms. The number of ether oxygens (including phenoxy) is 1. The van der Waals surface area contributed by atoms with E-state index in [1.165, 1.54) is 23.5 Å². The molecule has 1 aromatic carbocycles. The average Bonchev–Trinajstić information content (AvgIpc) is 2.76. The predicted molar refractivity (Wildman–Crippen MR) is 76.9 cm³/mol. The third kappa shape index (κ3) is 3.33. The molecule has 116 valence electrons. The molecule has 1 fully saturated rings. The van der Waals surface area contributed by atoms with Crippen molar-refractivity contribution in [3.8, 4) is 5.75 Å². The van der Waals surface area contributed by atoms with Crippen molar-refractivity contribution in [1.82, 2.24) is 4.31 Å². The van der Waals surface area contributed by atoms with Gasteiger partial charge in [0.25, 0.3) is 0 Å². The molecule has 0 spiro atoms. The van der Waals surface area contributed by atoms with Crippen LogP contribution in [0.1, 0.15) is 25.7 Å². The van der Waals surface area contributed by atoms with Crippen molar-refractivity contribution in [3.05, 3.63) is 28.3 Å². The van der Waals surface area contributed by atoms with Gasteiger partial charge in [0.15, 0.2) is 5.75 Å². The molecule has 0 aromatic heterocycles. The van der Waals surface area contributed by atoms with Crippen LogP contribution in [0.5, 0.6) is 5.75 Å². The highest BCUT2D eigenvalue weighted by Crippen LogP contribution is 2.31. The van der Waals surface area contributed by atoms with E-state index in [-0.39, 0.29) is 16.3 Å². The van der Waals surface area contributed by atoms with Crippen LogP contribution in [-0.4, -0.2) is 37.8 Å². The normalized spacial score (nSPS) is 17.2. The highest BCUT2D eigenvalue weighted by atomic mass is 32.2. The molecule has 0 amide bonds. The molecule has 1 aliphatic rings. The Morgan fingerprint density at radius 2 is 1.81 bits per heavy atom. The maximum atomic E-state index is 12.6. The van der Waals surface area contributed by atoms with Gasteiger partial charge in [0.2, 0.25) is 10.0 Å². The summed E-state index contributed by atoms with van der Waals surface area (Å²) < 4.78 is 31.5. The van der Waals surface area contributed by atoms with Crippen molar-refractivity contribution >= 4 is 15.7 Å². The van der Waals surface area contributed by atoms with Crippen molar-refractivity contribution in [1.29, 1.82) is 0 Å². The van der Waals surface area contributed by atoms with Crippen molar-refractivity contribution in [3.63, 3.8) is 0 Å². The summed E-state index contributed by atoms with van der Waals surface area (Å²) in [6.07, 6.45) is 3.65. The van der Waals surface area contributed by atoms with Crippen molar-refractivity contribution in [2.45, 2.75) is 30.6 Å². The molecule has 1 aliphatic heterocycles. The monoisotopic (exact) mass is 314 g/mol. The van der Waals surface area contributed by atoms with E-state index in [1.54, 1.807) is 0 Å². The molecule has 21 heavy (non-hydrogen) atoms. The molecular formula is C13H18N2O5S. The quantitative estimate of drug-likeness (QED) is 0.627. The standard InChI is InChI=1S/C13H18N2O5S/c1-20-13-7-6-11(10-12(13)15(16)17)21(18,19)14-8-4-2-3-5-9-14/h6-7,10H,2-5,8-9H2,1H3. The highest BCUT2D eigenvalue weighted by molar-refractivity contribution is 7.89. The molecule has 0 radical (unpaired) electrons. The third-order valence-electron chi connectivity index (χ3n) is 3.55. The van der Waals surface area contributed by atoms with Gasteiger partial charge in [0, 0.05) is 19.2 Å². The molecule has 0 bridgehead atoms. The minimum atomic E-state index is -3.69. The number of hydrogen-bond acceptors (Lipinski definition) is 5. The Kier molecular flexibility index (Phi) is 4.79. The molecule has 2 rings (SSSR count). The lowest BCUT2D eigenvalue weighted by atomic mass is 10.2. The molecule has 0 atom stereocenters. The van der Waals surface area contributed by atoms with E-state index in [0.717, 1.165) is 31.7 Å². The number of rotatable bonds is 4. The van der Waals surface area contributed by atoms with Crippen molar-refractivity contribution < 1.29 is 18.1 Å². The maximum Gasteiger partial charge on any atom is 0.312 e. The second-order valence-electron chi connectivity index (χ2n) is 4.91. The second-order valence-corrected chi connectivity index (χ2v) is 6.85. The van der Waals surface area contributed by atoms with Gasteiger partial charge in [-0.2, -0.15) is 4.31 Å². The van der Waals surface area contributed by atoms with Gasteiger partial charge in [0.1, 0.15) is 0 Å². The zero-order chi connectivity index (χ0) is 15.5. The van der Waals surface area contributed by atoms with Crippen LogP contribution in [-0.2, 0) is 10.0 Å². The van der Waals surface area contributed by atoms with Gasteiger partial charge in [-0.05, 0) is 25.0 Å². The first-order valence-electron chi connectivity index (χ1n) is 6.79. The lowest BCUT2D eigenvalue weighted by Crippen LogP contribution is -2.31. The van der Waals surface area contributed by atoms with Crippen LogP contribution >= 0.6 is 0 Å². The molecule has 0 aliphatic carbocycles. The summed E-state index contributed by atoms with van der Waals surface area (Å²) in [6.45, 7) is 0.921. The predicted octanol–water partition coefficient (Wildman–Crippen LogP) is 2.17. The average molecular weight is 314 g/mol. The first-order valence-corrected chi connectivity index (χ1v) is 8.23. The smallest absolute Gasteiger partial charge is 0.312 e. The highest BCUT2D eigenvalue weighted by Gasteiger charge is 2.28. The second kappa shape index (κ2) is 6.40. The van der Waals surface area contributed by atoms with E-state index < -0.39 is 14.9 Å². The summed E-state index contributed by atoms with van der Waals surface area (Å²) in [5.74, 6) is 0.0508. The maximum absolute atomic E-state index is 12.6. The van der Waals surface area contributed by atoms with Crippen LogP contribution in [0, 0.1) is 10.1 Å². The fourth-order valence-electron chi connectivity index (χ4n) is 2.40. The number of hydrogen-bond donors (Lipinski definition) is 0. The Hall–Kier alpha value is -1.67. The Morgan fingerprint density at radius 1 is 1.19 bits per heavy atom. The lowest BCUT2D eigenvalue weighted by Gasteiger charge is -2.19. The Balaban J connectivity index is 2.39. The van der Waals surface area contributed by atoms with Gasteiger partial charge >= 0.3 is 5.69 Å². The number of sulfonamides is 1. The minimum Gasteiger partial charge on any atom is -0.490 e. The van der Waals surface area contributed by atoms with Crippen LogP contribution in [0.2, 0.25) is 0 Å². The molecule has 0 unspecified atom stereocenters. The van der Waals surface area contributed by atoms with E-state index in [0.29, 0.717) is 13.1 Å². The third-order valence-corrected chi connectivity index (χ3v) is 5.44.